The molecular formula is C10H15BrN2S. The third-order valence-corrected chi connectivity index (χ3v) is 3.00. The number of pyridine rings is 1. The van der Waals surface area contributed by atoms with Gasteiger partial charge in [0, 0.05) is 6.54 Å². The van der Waals surface area contributed by atoms with Crippen LogP contribution in [0.4, 0.5) is 5.69 Å². The zero-order valence-corrected chi connectivity index (χ0v) is 10.7. The van der Waals surface area contributed by atoms with Gasteiger partial charge in [0.05, 0.1) is 11.9 Å². The van der Waals surface area contributed by atoms with E-state index in [0.29, 0.717) is 0 Å². The lowest BCUT2D eigenvalue weighted by Crippen LogP contribution is -2.01. The van der Waals surface area contributed by atoms with E-state index in [1.54, 1.807) is 0 Å². The van der Waals surface area contributed by atoms with E-state index in [1.165, 1.54) is 18.6 Å². The highest BCUT2D eigenvalue weighted by atomic mass is 79.9. The maximum atomic E-state index is 4.14. The van der Waals surface area contributed by atoms with Crippen molar-refractivity contribution in [3.63, 3.8) is 0 Å². The van der Waals surface area contributed by atoms with Crippen LogP contribution in [0.5, 0.6) is 0 Å². The van der Waals surface area contributed by atoms with Gasteiger partial charge in [-0.25, -0.2) is 4.98 Å². The van der Waals surface area contributed by atoms with E-state index in [4.69, 9.17) is 0 Å². The molecule has 1 aromatic rings. The predicted octanol–water partition coefficient (Wildman–Crippen LogP) is 3.40. The number of nitrogens with one attached hydrogen (secondary N) is 1. The molecule has 0 radical (unpaired) electrons. The highest BCUT2D eigenvalue weighted by Gasteiger charge is 1.92. The molecule has 0 aliphatic carbocycles. The number of hydrogen-bond acceptors (Lipinski definition) is 3. The molecule has 0 saturated carbocycles. The zero-order valence-electron chi connectivity index (χ0n) is 8.29. The van der Waals surface area contributed by atoms with Crippen LogP contribution in [0, 0.1) is 0 Å². The summed E-state index contributed by atoms with van der Waals surface area (Å²) in [5, 5.41) is 3.34. The average molecular weight is 275 g/mol. The first kappa shape index (κ1) is 11.9. The molecule has 1 rings (SSSR count). The zero-order chi connectivity index (χ0) is 10.2. The van der Waals surface area contributed by atoms with Crippen LogP contribution in [0.25, 0.3) is 0 Å². The number of aromatic nitrogens is 1. The Balaban J connectivity index is 2.15. The minimum absolute atomic E-state index is 0.880. The standard InChI is InChI=1S/C10H15BrN2S/c1-14-7-3-2-6-12-9-4-5-10(11)13-8-9/h4-5,8,12H,2-3,6-7H2,1H3. The summed E-state index contributed by atoms with van der Waals surface area (Å²) in [6.45, 7) is 1.03. The Bertz CT molecular complexity index is 251. The minimum Gasteiger partial charge on any atom is -0.384 e. The Morgan fingerprint density at radius 3 is 2.93 bits per heavy atom. The smallest absolute Gasteiger partial charge is 0.106 e. The summed E-state index contributed by atoms with van der Waals surface area (Å²) in [5.74, 6) is 1.25. The lowest BCUT2D eigenvalue weighted by molar-refractivity contribution is 0.843. The van der Waals surface area contributed by atoms with Crippen LogP contribution in [0.3, 0.4) is 0 Å². The molecule has 0 spiro atoms. The number of anilines is 1. The monoisotopic (exact) mass is 274 g/mol. The van der Waals surface area contributed by atoms with Crippen molar-refractivity contribution in [2.75, 3.05) is 23.9 Å². The number of nitrogens with zero attached hydrogens (tertiary/aromatic N) is 1. The SMILES string of the molecule is CSCCCCNc1ccc(Br)nc1. The second-order valence-corrected chi connectivity index (χ2v) is 4.79. The molecule has 0 amide bonds. The van der Waals surface area contributed by atoms with Crippen LogP contribution in [-0.4, -0.2) is 23.5 Å². The number of thioether (sulfide) groups is 1. The van der Waals surface area contributed by atoms with E-state index in [1.807, 2.05) is 30.1 Å². The number of rotatable bonds is 6. The Morgan fingerprint density at radius 2 is 2.29 bits per heavy atom. The fourth-order valence-corrected chi connectivity index (χ4v) is 1.81. The van der Waals surface area contributed by atoms with E-state index in [2.05, 4.69) is 32.5 Å². The van der Waals surface area contributed by atoms with Gasteiger partial charge in [-0.15, -0.1) is 0 Å². The molecule has 78 valence electrons. The fourth-order valence-electron chi connectivity index (χ4n) is 1.08. The van der Waals surface area contributed by atoms with E-state index >= 15 is 0 Å². The molecule has 0 unspecified atom stereocenters. The molecule has 1 heterocycles. The highest BCUT2D eigenvalue weighted by Crippen LogP contribution is 2.10. The molecule has 0 aliphatic rings. The molecule has 0 aliphatic heterocycles. The Labute approximate surface area is 98.0 Å². The summed E-state index contributed by atoms with van der Waals surface area (Å²) in [7, 11) is 0. The molecule has 0 atom stereocenters. The van der Waals surface area contributed by atoms with Crippen molar-refractivity contribution in [1.82, 2.24) is 4.98 Å². The van der Waals surface area contributed by atoms with Crippen molar-refractivity contribution in [3.8, 4) is 0 Å². The summed E-state index contributed by atoms with van der Waals surface area (Å²) in [6, 6.07) is 3.98. The van der Waals surface area contributed by atoms with Gasteiger partial charge in [0.25, 0.3) is 0 Å². The van der Waals surface area contributed by atoms with Crippen molar-refractivity contribution < 1.29 is 0 Å². The number of halogens is 1. The summed E-state index contributed by atoms with van der Waals surface area (Å²) in [4.78, 5) is 4.14. The van der Waals surface area contributed by atoms with Crippen LogP contribution < -0.4 is 5.32 Å². The van der Waals surface area contributed by atoms with Crippen LogP contribution in [0.15, 0.2) is 22.9 Å². The predicted molar refractivity (Wildman–Crippen MR) is 68.0 cm³/mol. The first-order valence-electron chi connectivity index (χ1n) is 4.67. The van der Waals surface area contributed by atoms with Gasteiger partial charge in [0.2, 0.25) is 0 Å². The van der Waals surface area contributed by atoms with Crippen molar-refractivity contribution in [2.24, 2.45) is 0 Å². The summed E-state index contributed by atoms with van der Waals surface area (Å²) in [6.07, 6.45) is 6.49. The van der Waals surface area contributed by atoms with Gasteiger partial charge in [0.1, 0.15) is 4.60 Å². The van der Waals surface area contributed by atoms with Crippen molar-refractivity contribution in [3.05, 3.63) is 22.9 Å². The molecule has 0 aromatic carbocycles. The Hall–Kier alpha value is -0.220. The van der Waals surface area contributed by atoms with Gasteiger partial charge >= 0.3 is 0 Å². The molecular weight excluding hydrogens is 260 g/mol. The van der Waals surface area contributed by atoms with Crippen molar-refractivity contribution in [2.45, 2.75) is 12.8 Å². The van der Waals surface area contributed by atoms with Gasteiger partial charge in [-0.2, -0.15) is 11.8 Å². The largest absolute Gasteiger partial charge is 0.384 e. The quantitative estimate of drug-likeness (QED) is 0.636. The topological polar surface area (TPSA) is 24.9 Å². The molecule has 1 aromatic heterocycles. The number of unbranched alkanes of at least 4 members (excludes halogenated alkanes) is 1. The van der Waals surface area contributed by atoms with Gasteiger partial charge in [0.15, 0.2) is 0 Å². The first-order chi connectivity index (χ1) is 6.83. The summed E-state index contributed by atoms with van der Waals surface area (Å²) in [5.41, 5.74) is 1.09. The van der Waals surface area contributed by atoms with Crippen molar-refractivity contribution in [1.29, 1.82) is 0 Å². The van der Waals surface area contributed by atoms with Crippen LogP contribution >= 0.6 is 27.7 Å². The van der Waals surface area contributed by atoms with Crippen LogP contribution in [0.2, 0.25) is 0 Å². The second-order valence-electron chi connectivity index (χ2n) is 3.00. The van der Waals surface area contributed by atoms with E-state index in [-0.39, 0.29) is 0 Å². The van der Waals surface area contributed by atoms with Gasteiger partial charge in [-0.1, -0.05) is 0 Å². The molecule has 14 heavy (non-hydrogen) atoms. The normalized spacial score (nSPS) is 10.1. The summed E-state index contributed by atoms with van der Waals surface area (Å²) >= 11 is 5.21. The van der Waals surface area contributed by atoms with Gasteiger partial charge in [-0.05, 0) is 52.9 Å². The van der Waals surface area contributed by atoms with E-state index in [9.17, 15) is 0 Å². The Kier molecular flexibility index (Phi) is 6.03. The van der Waals surface area contributed by atoms with Gasteiger partial charge < -0.3 is 5.32 Å². The molecule has 0 bridgehead atoms. The molecule has 1 N–H and O–H groups in total. The van der Waals surface area contributed by atoms with Gasteiger partial charge in [-0.3, -0.25) is 0 Å². The second kappa shape index (κ2) is 7.12. The third-order valence-electron chi connectivity index (χ3n) is 1.83. The third kappa shape index (κ3) is 4.86. The minimum atomic E-state index is 0.880. The first-order valence-corrected chi connectivity index (χ1v) is 6.86. The number of hydrogen-bond donors (Lipinski definition) is 1. The maximum absolute atomic E-state index is 4.14. The molecule has 0 saturated heterocycles. The van der Waals surface area contributed by atoms with Crippen molar-refractivity contribution >= 4 is 33.4 Å². The molecule has 2 nitrogen and oxygen atoms in total. The van der Waals surface area contributed by atoms with E-state index < -0.39 is 0 Å². The summed E-state index contributed by atoms with van der Waals surface area (Å²) < 4.78 is 0.880. The van der Waals surface area contributed by atoms with E-state index in [0.717, 1.165) is 16.8 Å². The highest BCUT2D eigenvalue weighted by molar-refractivity contribution is 9.10. The maximum Gasteiger partial charge on any atom is 0.106 e. The van der Waals surface area contributed by atoms with Crippen LogP contribution in [-0.2, 0) is 0 Å². The lowest BCUT2D eigenvalue weighted by Gasteiger charge is -2.04. The average Bonchev–Trinajstić information content (AvgIpc) is 2.21. The molecule has 0 fully saturated rings. The van der Waals surface area contributed by atoms with Crippen LogP contribution in [0.1, 0.15) is 12.8 Å². The Morgan fingerprint density at radius 1 is 1.43 bits per heavy atom. The lowest BCUT2D eigenvalue weighted by atomic mass is 10.3. The fraction of sp³-hybridized carbons (Fsp3) is 0.500. The molecule has 4 heteroatoms.